The molecule has 0 aliphatic carbocycles. The monoisotopic (exact) mass is 500 g/mol. The molecule has 3 amide bonds. The maximum absolute atomic E-state index is 12.8. The molecule has 1 aliphatic rings. The molecule has 1 aliphatic heterocycles. The van der Waals surface area contributed by atoms with Crippen LogP contribution in [0.15, 0.2) is 47.4 Å². The molecular weight excluding hydrogens is 476 g/mol. The predicted molar refractivity (Wildman–Crippen MR) is 129 cm³/mol. The van der Waals surface area contributed by atoms with E-state index in [1.165, 1.54) is 20.3 Å². The highest BCUT2D eigenvalue weighted by atomic mass is 32.2. The van der Waals surface area contributed by atoms with Gasteiger partial charge in [-0.15, -0.1) is 0 Å². The fourth-order valence-corrected chi connectivity index (χ4v) is 3.88. The number of anilines is 1. The number of nitrogens with one attached hydrogen (secondary N) is 1. The first-order valence-corrected chi connectivity index (χ1v) is 11.3. The van der Waals surface area contributed by atoms with Crippen molar-refractivity contribution in [2.45, 2.75) is 6.92 Å². The Hall–Kier alpha value is -3.99. The second-order valence-corrected chi connectivity index (χ2v) is 8.04. The third kappa shape index (κ3) is 6.76. The normalized spacial score (nSPS) is 14.1. The number of thioether (sulfide) groups is 1. The third-order valence-electron chi connectivity index (χ3n) is 4.69. The van der Waals surface area contributed by atoms with Crippen LogP contribution >= 0.6 is 11.8 Å². The molecule has 0 aromatic heterocycles. The summed E-state index contributed by atoms with van der Waals surface area (Å²) in [5, 5.41) is 2.09. The van der Waals surface area contributed by atoms with Gasteiger partial charge in [0, 0.05) is 5.69 Å². The molecule has 0 atom stereocenters. The van der Waals surface area contributed by atoms with Crippen molar-refractivity contribution in [2.75, 3.05) is 39.3 Å². The number of imide groups is 1. The molecule has 3 rings (SSSR count). The van der Waals surface area contributed by atoms with E-state index in [0.717, 1.165) is 16.7 Å². The molecule has 0 spiro atoms. The summed E-state index contributed by atoms with van der Waals surface area (Å²) in [4.78, 5) is 50.1. The number of methoxy groups -OCH3 is 2. The van der Waals surface area contributed by atoms with Crippen molar-refractivity contribution >= 4 is 46.5 Å². The number of carbonyl (C=O) groups is 4. The van der Waals surface area contributed by atoms with Crippen molar-refractivity contribution in [3.63, 3.8) is 0 Å². The van der Waals surface area contributed by atoms with Gasteiger partial charge in [0.2, 0.25) is 5.91 Å². The molecule has 0 bridgehead atoms. The van der Waals surface area contributed by atoms with Crippen LogP contribution in [0.25, 0.3) is 6.08 Å². The molecular formula is C24H24N2O8S. The van der Waals surface area contributed by atoms with Gasteiger partial charge in [0.25, 0.3) is 11.1 Å². The van der Waals surface area contributed by atoms with E-state index in [-0.39, 0.29) is 18.1 Å². The minimum atomic E-state index is -0.577. The number of esters is 1. The summed E-state index contributed by atoms with van der Waals surface area (Å²) in [6, 6.07) is 11.5. The van der Waals surface area contributed by atoms with Gasteiger partial charge in [-0.1, -0.05) is 6.07 Å². The van der Waals surface area contributed by atoms with Gasteiger partial charge < -0.3 is 24.3 Å². The molecule has 0 radical (unpaired) electrons. The molecule has 10 nitrogen and oxygen atoms in total. The Morgan fingerprint density at radius 2 is 1.77 bits per heavy atom. The molecule has 1 heterocycles. The van der Waals surface area contributed by atoms with Crippen molar-refractivity contribution in [3.8, 4) is 17.2 Å². The van der Waals surface area contributed by atoms with E-state index in [1.807, 2.05) is 0 Å². The standard InChI is InChI=1S/C24H24N2O8S/c1-4-33-22(28)14-34-18-10-5-15(11-19(18)32-3)12-20-23(29)26(24(30)35-20)13-21(27)25-16-6-8-17(31-2)9-7-16/h5-12H,4,13-14H2,1-3H3,(H,25,27)/b20-12+. The summed E-state index contributed by atoms with van der Waals surface area (Å²) in [7, 11) is 2.97. The Kier molecular flexibility index (Phi) is 8.74. The lowest BCUT2D eigenvalue weighted by Crippen LogP contribution is -2.36. The van der Waals surface area contributed by atoms with Crippen LogP contribution in [0.5, 0.6) is 17.2 Å². The maximum atomic E-state index is 12.8. The second-order valence-electron chi connectivity index (χ2n) is 7.05. The van der Waals surface area contributed by atoms with E-state index in [1.54, 1.807) is 49.4 Å². The number of ether oxygens (including phenoxy) is 4. The highest BCUT2D eigenvalue weighted by Crippen LogP contribution is 2.34. The first-order valence-electron chi connectivity index (χ1n) is 10.5. The van der Waals surface area contributed by atoms with E-state index in [2.05, 4.69) is 5.32 Å². The van der Waals surface area contributed by atoms with Crippen LogP contribution in [-0.2, 0) is 19.1 Å². The lowest BCUT2D eigenvalue weighted by Gasteiger charge is -2.13. The summed E-state index contributed by atoms with van der Waals surface area (Å²) in [5.41, 5.74) is 1.08. The van der Waals surface area contributed by atoms with Crippen LogP contribution in [0.3, 0.4) is 0 Å². The molecule has 0 saturated carbocycles. The van der Waals surface area contributed by atoms with Crippen LogP contribution in [-0.4, -0.2) is 61.9 Å². The summed E-state index contributed by atoms with van der Waals surface area (Å²) >= 11 is 0.736. The molecule has 184 valence electrons. The van der Waals surface area contributed by atoms with Gasteiger partial charge in [0.05, 0.1) is 25.7 Å². The average molecular weight is 501 g/mol. The number of nitrogens with zero attached hydrogens (tertiary/aromatic N) is 1. The summed E-state index contributed by atoms with van der Waals surface area (Å²) < 4.78 is 20.6. The van der Waals surface area contributed by atoms with Gasteiger partial charge in [0.15, 0.2) is 18.1 Å². The van der Waals surface area contributed by atoms with Crippen LogP contribution in [0.4, 0.5) is 10.5 Å². The van der Waals surface area contributed by atoms with E-state index >= 15 is 0 Å². The Morgan fingerprint density at radius 1 is 1.03 bits per heavy atom. The zero-order valence-corrected chi connectivity index (χ0v) is 20.2. The third-order valence-corrected chi connectivity index (χ3v) is 5.59. The first-order chi connectivity index (χ1) is 16.8. The molecule has 11 heteroatoms. The Bertz CT molecular complexity index is 1150. The lowest BCUT2D eigenvalue weighted by atomic mass is 10.2. The quantitative estimate of drug-likeness (QED) is 0.387. The zero-order valence-electron chi connectivity index (χ0n) is 19.4. The van der Waals surface area contributed by atoms with Crippen molar-refractivity contribution in [1.29, 1.82) is 0 Å². The number of benzene rings is 2. The van der Waals surface area contributed by atoms with Crippen LogP contribution in [0.1, 0.15) is 12.5 Å². The fraction of sp³-hybridized carbons (Fsp3) is 0.250. The molecule has 0 unspecified atom stereocenters. The number of hydrogen-bond acceptors (Lipinski definition) is 9. The SMILES string of the molecule is CCOC(=O)COc1ccc(/C=C2/SC(=O)N(CC(=O)Nc3ccc(OC)cc3)C2=O)cc1OC. The van der Waals surface area contributed by atoms with E-state index in [0.29, 0.717) is 28.5 Å². The van der Waals surface area contributed by atoms with E-state index < -0.39 is 29.6 Å². The van der Waals surface area contributed by atoms with Gasteiger partial charge in [0.1, 0.15) is 12.3 Å². The van der Waals surface area contributed by atoms with E-state index in [9.17, 15) is 19.2 Å². The van der Waals surface area contributed by atoms with E-state index in [4.69, 9.17) is 18.9 Å². The minimum Gasteiger partial charge on any atom is -0.497 e. The number of hydrogen-bond donors (Lipinski definition) is 1. The fourth-order valence-electron chi connectivity index (χ4n) is 3.04. The Labute approximate surface area is 206 Å². The van der Waals surface area contributed by atoms with Crippen molar-refractivity contribution in [3.05, 3.63) is 52.9 Å². The van der Waals surface area contributed by atoms with Crippen LogP contribution in [0.2, 0.25) is 0 Å². The summed E-state index contributed by atoms with van der Waals surface area (Å²) in [6.07, 6.45) is 1.52. The molecule has 1 saturated heterocycles. The summed E-state index contributed by atoms with van der Waals surface area (Å²) in [5.74, 6) is -0.310. The highest BCUT2D eigenvalue weighted by molar-refractivity contribution is 8.18. The Balaban J connectivity index is 1.66. The largest absolute Gasteiger partial charge is 0.497 e. The molecule has 35 heavy (non-hydrogen) atoms. The summed E-state index contributed by atoms with van der Waals surface area (Å²) in [6.45, 7) is 1.25. The van der Waals surface area contributed by atoms with Crippen LogP contribution < -0.4 is 19.5 Å². The lowest BCUT2D eigenvalue weighted by molar-refractivity contribution is -0.145. The number of carbonyl (C=O) groups excluding carboxylic acids is 4. The van der Waals surface area contributed by atoms with Crippen molar-refractivity contribution < 1.29 is 38.1 Å². The number of rotatable bonds is 10. The molecule has 1 N–H and O–H groups in total. The average Bonchev–Trinajstić information content (AvgIpc) is 3.10. The molecule has 1 fully saturated rings. The van der Waals surface area contributed by atoms with Gasteiger partial charge in [-0.2, -0.15) is 0 Å². The maximum Gasteiger partial charge on any atom is 0.344 e. The molecule has 2 aromatic carbocycles. The highest BCUT2D eigenvalue weighted by Gasteiger charge is 2.36. The zero-order chi connectivity index (χ0) is 25.4. The van der Waals surface area contributed by atoms with Gasteiger partial charge >= 0.3 is 5.97 Å². The minimum absolute atomic E-state index is 0.162. The first kappa shape index (κ1) is 25.6. The smallest absolute Gasteiger partial charge is 0.344 e. The van der Waals surface area contributed by atoms with Gasteiger partial charge in [-0.3, -0.25) is 19.3 Å². The predicted octanol–water partition coefficient (Wildman–Crippen LogP) is 3.32. The van der Waals surface area contributed by atoms with Crippen molar-refractivity contribution in [1.82, 2.24) is 4.90 Å². The number of amides is 3. The van der Waals surface area contributed by atoms with Crippen LogP contribution in [0, 0.1) is 0 Å². The Morgan fingerprint density at radius 3 is 2.43 bits per heavy atom. The molecule has 2 aromatic rings. The second kappa shape index (κ2) is 11.9. The topological polar surface area (TPSA) is 120 Å². The van der Waals surface area contributed by atoms with Gasteiger partial charge in [-0.25, -0.2) is 4.79 Å². The van der Waals surface area contributed by atoms with Crippen molar-refractivity contribution in [2.24, 2.45) is 0 Å². The van der Waals surface area contributed by atoms with Gasteiger partial charge in [-0.05, 0) is 66.7 Å².